The van der Waals surface area contributed by atoms with Crippen LogP contribution in [-0.4, -0.2) is 36.4 Å². The van der Waals surface area contributed by atoms with Crippen molar-refractivity contribution in [2.45, 2.75) is 39.5 Å². The average Bonchev–Trinajstić information content (AvgIpc) is 2.61. The fourth-order valence-electron chi connectivity index (χ4n) is 2.16. The summed E-state index contributed by atoms with van der Waals surface area (Å²) in [6.07, 6.45) is 3.71. The number of benzene rings is 1. The Morgan fingerprint density at radius 1 is 1.04 bits per heavy atom. The Hall–Kier alpha value is -2.50. The SMILES string of the molecule is CCCCC(CC)C(=O)O.COC(C(=O)O)=C(OC)c1ccccc1. The third-order valence-electron chi connectivity index (χ3n) is 3.59. The highest BCUT2D eigenvalue weighted by atomic mass is 16.5. The van der Waals surface area contributed by atoms with E-state index in [1.54, 1.807) is 24.3 Å². The predicted octanol–water partition coefficient (Wildman–Crippen LogP) is 4.02. The van der Waals surface area contributed by atoms with Gasteiger partial charge >= 0.3 is 11.9 Å². The normalized spacial score (nSPS) is 12.2. The number of ether oxygens (including phenoxy) is 2. The van der Waals surface area contributed by atoms with Gasteiger partial charge in [0.25, 0.3) is 0 Å². The second kappa shape index (κ2) is 12.9. The number of methoxy groups -OCH3 is 2. The monoisotopic (exact) mass is 352 g/mol. The van der Waals surface area contributed by atoms with Gasteiger partial charge in [-0.1, -0.05) is 57.0 Å². The zero-order valence-corrected chi connectivity index (χ0v) is 15.3. The van der Waals surface area contributed by atoms with Gasteiger partial charge in [0, 0.05) is 5.56 Å². The van der Waals surface area contributed by atoms with Crippen LogP contribution >= 0.6 is 0 Å². The largest absolute Gasteiger partial charge is 0.492 e. The molecule has 1 aromatic rings. The maximum absolute atomic E-state index is 10.8. The van der Waals surface area contributed by atoms with E-state index in [9.17, 15) is 9.59 Å². The van der Waals surface area contributed by atoms with Crippen LogP contribution in [0.3, 0.4) is 0 Å². The topological polar surface area (TPSA) is 93.1 Å². The maximum Gasteiger partial charge on any atom is 0.375 e. The molecule has 0 aliphatic heterocycles. The zero-order valence-electron chi connectivity index (χ0n) is 15.3. The van der Waals surface area contributed by atoms with Gasteiger partial charge < -0.3 is 19.7 Å². The van der Waals surface area contributed by atoms with Crippen LogP contribution in [-0.2, 0) is 19.1 Å². The molecule has 1 rings (SSSR count). The Balaban J connectivity index is 0.000000504. The van der Waals surface area contributed by atoms with Gasteiger partial charge in [0.05, 0.1) is 20.1 Å². The molecule has 0 amide bonds. The smallest absolute Gasteiger partial charge is 0.375 e. The number of hydrogen-bond acceptors (Lipinski definition) is 4. The van der Waals surface area contributed by atoms with E-state index >= 15 is 0 Å². The van der Waals surface area contributed by atoms with Gasteiger partial charge in [-0.25, -0.2) is 4.79 Å². The molecule has 2 N–H and O–H groups in total. The maximum atomic E-state index is 10.8. The molecule has 0 saturated heterocycles. The molecular formula is C19H28O6. The highest BCUT2D eigenvalue weighted by molar-refractivity contribution is 5.92. The molecule has 0 aliphatic rings. The van der Waals surface area contributed by atoms with E-state index in [1.165, 1.54) is 14.2 Å². The van der Waals surface area contributed by atoms with Crippen LogP contribution in [0.2, 0.25) is 0 Å². The Morgan fingerprint density at radius 2 is 1.64 bits per heavy atom. The number of hydrogen-bond donors (Lipinski definition) is 2. The summed E-state index contributed by atoms with van der Waals surface area (Å²) in [6, 6.07) is 8.93. The summed E-state index contributed by atoms with van der Waals surface area (Å²) in [5.74, 6) is -1.90. The summed E-state index contributed by atoms with van der Waals surface area (Å²) in [6.45, 7) is 4.00. The molecule has 1 aromatic carbocycles. The van der Waals surface area contributed by atoms with E-state index in [2.05, 4.69) is 6.92 Å². The first-order valence-electron chi connectivity index (χ1n) is 8.26. The van der Waals surface area contributed by atoms with Crippen LogP contribution in [0.4, 0.5) is 0 Å². The van der Waals surface area contributed by atoms with Crippen molar-refractivity contribution < 1.29 is 29.3 Å². The molecule has 6 nitrogen and oxygen atoms in total. The van der Waals surface area contributed by atoms with E-state index in [0.717, 1.165) is 25.7 Å². The van der Waals surface area contributed by atoms with E-state index in [0.29, 0.717) is 5.56 Å². The molecule has 0 radical (unpaired) electrons. The van der Waals surface area contributed by atoms with Gasteiger partial charge in [0.1, 0.15) is 0 Å². The van der Waals surface area contributed by atoms with Gasteiger partial charge in [-0.2, -0.15) is 0 Å². The van der Waals surface area contributed by atoms with Gasteiger partial charge in [-0.3, -0.25) is 4.79 Å². The number of rotatable bonds is 9. The lowest BCUT2D eigenvalue weighted by Crippen LogP contribution is -2.11. The lowest BCUT2D eigenvalue weighted by atomic mass is 10.00. The molecule has 25 heavy (non-hydrogen) atoms. The summed E-state index contributed by atoms with van der Waals surface area (Å²) in [4.78, 5) is 21.3. The van der Waals surface area contributed by atoms with E-state index in [-0.39, 0.29) is 17.4 Å². The fourth-order valence-corrected chi connectivity index (χ4v) is 2.16. The summed E-state index contributed by atoms with van der Waals surface area (Å²) in [7, 11) is 2.70. The van der Waals surface area contributed by atoms with Gasteiger partial charge in [0.2, 0.25) is 5.76 Å². The number of aliphatic carboxylic acids is 2. The Labute approximate surface area is 149 Å². The van der Waals surface area contributed by atoms with Crippen LogP contribution in [0.25, 0.3) is 5.76 Å². The van der Waals surface area contributed by atoms with Crippen molar-refractivity contribution in [3.63, 3.8) is 0 Å². The molecule has 6 heteroatoms. The minimum Gasteiger partial charge on any atom is -0.492 e. The zero-order chi connectivity index (χ0) is 19.2. The van der Waals surface area contributed by atoms with Crippen molar-refractivity contribution in [1.29, 1.82) is 0 Å². The number of carboxylic acids is 2. The third-order valence-corrected chi connectivity index (χ3v) is 3.59. The Kier molecular flexibility index (Phi) is 11.6. The van der Waals surface area contributed by atoms with Crippen LogP contribution < -0.4 is 0 Å². The summed E-state index contributed by atoms with van der Waals surface area (Å²) < 4.78 is 9.80. The van der Waals surface area contributed by atoms with E-state index in [1.807, 2.05) is 13.0 Å². The van der Waals surface area contributed by atoms with Crippen molar-refractivity contribution in [3.8, 4) is 0 Å². The van der Waals surface area contributed by atoms with Gasteiger partial charge in [0.15, 0.2) is 5.76 Å². The molecule has 0 heterocycles. The molecule has 1 atom stereocenters. The highest BCUT2D eigenvalue weighted by Gasteiger charge is 2.17. The Bertz CT molecular complexity index is 550. The summed E-state index contributed by atoms with van der Waals surface area (Å²) in [5, 5.41) is 17.5. The number of unbranched alkanes of at least 4 members (excludes halogenated alkanes) is 1. The van der Waals surface area contributed by atoms with E-state index < -0.39 is 11.9 Å². The fraction of sp³-hybridized carbons (Fsp3) is 0.474. The molecule has 140 valence electrons. The standard InChI is InChI=1S/C11H12O4.C8H16O2/c1-14-9(10(15-2)11(12)13)8-6-4-3-5-7-8;1-3-5-6-7(4-2)8(9)10/h3-7H,1-2H3,(H,12,13);7H,3-6H2,1-2H3,(H,9,10). The second-order valence-electron chi connectivity index (χ2n) is 5.32. The minimum atomic E-state index is -1.15. The first-order valence-corrected chi connectivity index (χ1v) is 8.26. The van der Waals surface area contributed by atoms with Crippen molar-refractivity contribution in [2.75, 3.05) is 14.2 Å². The number of carbonyl (C=O) groups is 2. The van der Waals surface area contributed by atoms with Crippen molar-refractivity contribution in [3.05, 3.63) is 41.7 Å². The number of carboxylic acid groups (broad SMARTS) is 2. The van der Waals surface area contributed by atoms with Gasteiger partial charge in [-0.15, -0.1) is 0 Å². The molecule has 0 saturated carbocycles. The van der Waals surface area contributed by atoms with Crippen LogP contribution in [0, 0.1) is 5.92 Å². The minimum absolute atomic E-state index is 0.111. The summed E-state index contributed by atoms with van der Waals surface area (Å²) >= 11 is 0. The Morgan fingerprint density at radius 3 is 2.00 bits per heavy atom. The molecule has 0 spiro atoms. The molecule has 1 unspecified atom stereocenters. The van der Waals surface area contributed by atoms with Gasteiger partial charge in [-0.05, 0) is 12.8 Å². The first kappa shape index (κ1) is 22.5. The lowest BCUT2D eigenvalue weighted by molar-refractivity contribution is -0.142. The van der Waals surface area contributed by atoms with Crippen molar-refractivity contribution >= 4 is 17.7 Å². The second-order valence-corrected chi connectivity index (χ2v) is 5.32. The average molecular weight is 352 g/mol. The highest BCUT2D eigenvalue weighted by Crippen LogP contribution is 2.19. The van der Waals surface area contributed by atoms with Crippen LogP contribution in [0.5, 0.6) is 0 Å². The molecule has 0 aliphatic carbocycles. The molecule has 0 fully saturated rings. The van der Waals surface area contributed by atoms with Crippen molar-refractivity contribution in [1.82, 2.24) is 0 Å². The van der Waals surface area contributed by atoms with Crippen molar-refractivity contribution in [2.24, 2.45) is 5.92 Å². The molecule has 0 bridgehead atoms. The van der Waals surface area contributed by atoms with Crippen LogP contribution in [0.15, 0.2) is 36.1 Å². The predicted molar refractivity (Wildman–Crippen MR) is 96.0 cm³/mol. The quantitative estimate of drug-likeness (QED) is 0.515. The molecule has 0 aromatic heterocycles. The molecular weight excluding hydrogens is 324 g/mol. The van der Waals surface area contributed by atoms with Crippen LogP contribution in [0.1, 0.15) is 45.1 Å². The van der Waals surface area contributed by atoms with E-state index in [4.69, 9.17) is 19.7 Å². The third kappa shape index (κ3) is 8.24. The summed E-state index contributed by atoms with van der Waals surface area (Å²) in [5.41, 5.74) is 0.666. The lowest BCUT2D eigenvalue weighted by Gasteiger charge is -2.09. The first-order chi connectivity index (χ1) is 11.9.